The van der Waals surface area contributed by atoms with E-state index in [1.54, 1.807) is 24.7 Å². The number of hydrogen-bond acceptors (Lipinski definition) is 8. The van der Waals surface area contributed by atoms with Crippen LogP contribution >= 0.6 is 0 Å². The molecule has 1 aliphatic heterocycles. The first-order valence-corrected chi connectivity index (χ1v) is 12.8. The SMILES string of the molecule is CNc1nc(C)c(CCN2CCC(Nc3nc4ccccc4n3Cc3ccc(CO)o3)CC2)c(=O)n1C. The second-order valence-electron chi connectivity index (χ2n) is 9.66. The Bertz CT molecular complexity index is 1430. The van der Waals surface area contributed by atoms with E-state index in [1.807, 2.05) is 31.2 Å². The average molecular weight is 506 g/mol. The molecule has 10 nitrogen and oxygen atoms in total. The van der Waals surface area contributed by atoms with Crippen LogP contribution in [0.15, 0.2) is 45.6 Å². The molecule has 5 rings (SSSR count). The third kappa shape index (κ3) is 5.26. The molecule has 0 radical (unpaired) electrons. The molecule has 37 heavy (non-hydrogen) atoms. The zero-order chi connectivity index (χ0) is 25.9. The van der Waals surface area contributed by atoms with Crippen molar-refractivity contribution < 1.29 is 9.52 Å². The Kier molecular flexibility index (Phi) is 7.29. The smallest absolute Gasteiger partial charge is 0.258 e. The molecule has 3 N–H and O–H groups in total. The van der Waals surface area contributed by atoms with Crippen LogP contribution in [0.5, 0.6) is 0 Å². The van der Waals surface area contributed by atoms with Crippen molar-refractivity contribution in [2.75, 3.05) is 37.3 Å². The number of hydrogen-bond donors (Lipinski definition) is 3. The maximum Gasteiger partial charge on any atom is 0.258 e. The molecule has 1 aromatic carbocycles. The summed E-state index contributed by atoms with van der Waals surface area (Å²) in [4.78, 5) is 24.6. The van der Waals surface area contributed by atoms with E-state index in [0.717, 1.165) is 66.5 Å². The Balaban J connectivity index is 1.23. The lowest BCUT2D eigenvalue weighted by Gasteiger charge is -2.32. The molecule has 4 heterocycles. The van der Waals surface area contributed by atoms with Crippen molar-refractivity contribution in [1.82, 2.24) is 24.0 Å². The molecule has 1 aliphatic rings. The van der Waals surface area contributed by atoms with Crippen molar-refractivity contribution in [3.8, 4) is 0 Å². The van der Waals surface area contributed by atoms with Crippen LogP contribution in [-0.4, -0.2) is 61.8 Å². The largest absolute Gasteiger partial charge is 0.462 e. The maximum atomic E-state index is 12.8. The third-order valence-corrected chi connectivity index (χ3v) is 7.25. The standard InChI is InChI=1S/C27H35N7O3/c1-18-22(25(36)32(3)26(28-2)29-18)12-15-33-13-10-19(11-14-33)30-27-31-23-6-4-5-7-24(23)34(27)16-20-8-9-21(17-35)37-20/h4-9,19,35H,10-17H2,1-3H3,(H,28,29)(H,30,31). The number of rotatable bonds is 9. The molecule has 0 aliphatic carbocycles. The zero-order valence-corrected chi connectivity index (χ0v) is 21.7. The number of imidazole rings is 1. The highest BCUT2D eigenvalue weighted by molar-refractivity contribution is 5.78. The molecule has 1 saturated heterocycles. The fourth-order valence-corrected chi connectivity index (χ4v) is 5.11. The van der Waals surface area contributed by atoms with E-state index in [9.17, 15) is 9.90 Å². The first-order chi connectivity index (χ1) is 18.0. The molecule has 4 aromatic rings. The normalized spacial score (nSPS) is 14.9. The minimum absolute atomic E-state index is 0.0231. The van der Waals surface area contributed by atoms with Gasteiger partial charge in [-0.3, -0.25) is 9.36 Å². The molecule has 0 atom stereocenters. The number of aryl methyl sites for hydroxylation is 1. The summed E-state index contributed by atoms with van der Waals surface area (Å²) in [6, 6.07) is 12.1. The lowest BCUT2D eigenvalue weighted by atomic mass is 10.0. The summed E-state index contributed by atoms with van der Waals surface area (Å²) < 4.78 is 9.47. The molecule has 0 saturated carbocycles. The summed E-state index contributed by atoms with van der Waals surface area (Å²) in [6.45, 7) is 5.09. The molecular formula is C27H35N7O3. The van der Waals surface area contributed by atoms with Crippen LogP contribution in [0.3, 0.4) is 0 Å². The van der Waals surface area contributed by atoms with Crippen LogP contribution in [0.1, 0.15) is 35.6 Å². The number of furan rings is 1. The fourth-order valence-electron chi connectivity index (χ4n) is 5.11. The Labute approximate surface area is 215 Å². The van der Waals surface area contributed by atoms with Gasteiger partial charge >= 0.3 is 0 Å². The van der Waals surface area contributed by atoms with Crippen molar-refractivity contribution in [3.05, 3.63) is 69.5 Å². The van der Waals surface area contributed by atoms with Gasteiger partial charge in [0.1, 0.15) is 18.1 Å². The van der Waals surface area contributed by atoms with E-state index in [0.29, 0.717) is 30.7 Å². The van der Waals surface area contributed by atoms with Crippen LogP contribution in [0, 0.1) is 6.92 Å². The Morgan fingerprint density at radius 2 is 1.84 bits per heavy atom. The van der Waals surface area contributed by atoms with Crippen molar-refractivity contribution in [1.29, 1.82) is 0 Å². The Morgan fingerprint density at radius 1 is 1.08 bits per heavy atom. The zero-order valence-electron chi connectivity index (χ0n) is 21.7. The van der Waals surface area contributed by atoms with E-state index in [2.05, 4.69) is 31.2 Å². The average Bonchev–Trinajstić information content (AvgIpc) is 3.51. The topological polar surface area (TPSA) is 113 Å². The van der Waals surface area contributed by atoms with Gasteiger partial charge in [0.15, 0.2) is 0 Å². The van der Waals surface area contributed by atoms with Gasteiger partial charge in [0.2, 0.25) is 11.9 Å². The lowest BCUT2D eigenvalue weighted by molar-refractivity contribution is 0.220. The van der Waals surface area contributed by atoms with Gasteiger partial charge in [0.05, 0.1) is 17.6 Å². The number of piperidine rings is 1. The Morgan fingerprint density at radius 3 is 2.57 bits per heavy atom. The van der Waals surface area contributed by atoms with Crippen LogP contribution in [-0.2, 0) is 26.6 Å². The summed E-state index contributed by atoms with van der Waals surface area (Å²) in [5.41, 5.74) is 3.59. The molecule has 0 amide bonds. The number of aliphatic hydroxyl groups is 1. The van der Waals surface area contributed by atoms with Crippen molar-refractivity contribution >= 4 is 22.9 Å². The summed E-state index contributed by atoms with van der Waals surface area (Å²) in [5, 5.41) is 16.0. The van der Waals surface area contributed by atoms with Gasteiger partial charge in [0.25, 0.3) is 5.56 Å². The highest BCUT2D eigenvalue weighted by atomic mass is 16.4. The van der Waals surface area contributed by atoms with Crippen LogP contribution in [0.25, 0.3) is 11.0 Å². The lowest BCUT2D eigenvalue weighted by Crippen LogP contribution is -2.41. The van der Waals surface area contributed by atoms with Gasteiger partial charge in [-0.05, 0) is 50.5 Å². The van der Waals surface area contributed by atoms with Gasteiger partial charge in [-0.15, -0.1) is 0 Å². The number of fused-ring (bicyclic) bond motifs is 1. The van der Waals surface area contributed by atoms with E-state index >= 15 is 0 Å². The predicted molar refractivity (Wildman–Crippen MR) is 144 cm³/mol. The number of benzene rings is 1. The van der Waals surface area contributed by atoms with Gasteiger partial charge in [-0.1, -0.05) is 12.1 Å². The number of aliphatic hydroxyl groups excluding tert-OH is 1. The van der Waals surface area contributed by atoms with Gasteiger partial charge in [-0.2, -0.15) is 0 Å². The highest BCUT2D eigenvalue weighted by Crippen LogP contribution is 2.24. The van der Waals surface area contributed by atoms with E-state index in [-0.39, 0.29) is 12.2 Å². The number of nitrogens with zero attached hydrogens (tertiary/aromatic N) is 5. The van der Waals surface area contributed by atoms with Gasteiger partial charge < -0.3 is 29.6 Å². The van der Waals surface area contributed by atoms with Crippen LogP contribution in [0.4, 0.5) is 11.9 Å². The monoisotopic (exact) mass is 505 g/mol. The van der Waals surface area contributed by atoms with Crippen LogP contribution in [0.2, 0.25) is 0 Å². The molecule has 0 spiro atoms. The quantitative estimate of drug-likeness (QED) is 0.318. The number of aromatic nitrogens is 4. The second-order valence-corrected chi connectivity index (χ2v) is 9.66. The van der Waals surface area contributed by atoms with Crippen molar-refractivity contribution in [2.45, 2.75) is 45.4 Å². The molecule has 196 valence electrons. The number of nitrogens with one attached hydrogen (secondary N) is 2. The van der Waals surface area contributed by atoms with E-state index < -0.39 is 0 Å². The summed E-state index contributed by atoms with van der Waals surface area (Å²) >= 11 is 0. The first kappa shape index (κ1) is 25.0. The van der Waals surface area contributed by atoms with Gasteiger partial charge in [0, 0.05) is 51.0 Å². The second kappa shape index (κ2) is 10.8. The minimum atomic E-state index is -0.111. The maximum absolute atomic E-state index is 12.8. The molecule has 0 bridgehead atoms. The molecule has 1 fully saturated rings. The highest BCUT2D eigenvalue weighted by Gasteiger charge is 2.22. The Hall–Kier alpha value is -3.63. The summed E-state index contributed by atoms with van der Waals surface area (Å²) in [7, 11) is 3.53. The minimum Gasteiger partial charge on any atom is -0.462 e. The first-order valence-electron chi connectivity index (χ1n) is 12.8. The molecule has 3 aromatic heterocycles. The molecule has 0 unspecified atom stereocenters. The third-order valence-electron chi connectivity index (χ3n) is 7.25. The molecule has 10 heteroatoms. The van der Waals surface area contributed by atoms with Crippen molar-refractivity contribution in [3.63, 3.8) is 0 Å². The molecular weight excluding hydrogens is 470 g/mol. The summed E-state index contributed by atoms with van der Waals surface area (Å²) in [6.07, 6.45) is 2.68. The number of para-hydroxylation sites is 2. The van der Waals surface area contributed by atoms with E-state index in [4.69, 9.17) is 9.40 Å². The fraction of sp³-hybridized carbons (Fsp3) is 0.444. The number of likely N-dealkylation sites (tertiary alicyclic amines) is 1. The van der Waals surface area contributed by atoms with Crippen molar-refractivity contribution in [2.24, 2.45) is 7.05 Å². The summed E-state index contributed by atoms with van der Waals surface area (Å²) in [5.74, 6) is 2.76. The predicted octanol–water partition coefficient (Wildman–Crippen LogP) is 2.73. The van der Waals surface area contributed by atoms with Crippen LogP contribution < -0.4 is 16.2 Å². The number of anilines is 2. The van der Waals surface area contributed by atoms with E-state index in [1.165, 1.54) is 0 Å². The van der Waals surface area contributed by atoms with Gasteiger partial charge in [-0.25, -0.2) is 9.97 Å².